The molecule has 5 rings (SSSR count). The van der Waals surface area contributed by atoms with Crippen molar-refractivity contribution in [2.24, 2.45) is 5.92 Å². The van der Waals surface area contributed by atoms with Crippen molar-refractivity contribution in [2.45, 2.75) is 25.2 Å². The van der Waals surface area contributed by atoms with E-state index in [1.807, 2.05) is 48.7 Å². The molecule has 4 heteroatoms. The van der Waals surface area contributed by atoms with Crippen molar-refractivity contribution in [3.8, 4) is 5.75 Å². The molecule has 0 aromatic heterocycles. The SMILES string of the molecule is O=C1C2=CN(c3ccccc3)C3OCCCC3C2Oc2ccccc21. The van der Waals surface area contributed by atoms with Gasteiger partial charge in [-0.3, -0.25) is 4.79 Å². The quantitative estimate of drug-likeness (QED) is 0.796. The van der Waals surface area contributed by atoms with Crippen LogP contribution in [0, 0.1) is 5.92 Å². The number of para-hydroxylation sites is 2. The van der Waals surface area contributed by atoms with Crippen LogP contribution in [-0.4, -0.2) is 24.7 Å². The van der Waals surface area contributed by atoms with Gasteiger partial charge in [-0.2, -0.15) is 0 Å². The standard InChI is InChI=1S/C21H19NO3/c23-19-15-9-4-5-11-18(15)25-20-16-10-6-12-24-21(16)22(13-17(19)20)14-7-2-1-3-8-14/h1-5,7-9,11,13,16,20-21H,6,10,12H2. The number of ether oxygens (including phenoxy) is 2. The molecule has 0 radical (unpaired) electrons. The highest BCUT2D eigenvalue weighted by atomic mass is 16.5. The highest BCUT2D eigenvalue weighted by Crippen LogP contribution is 2.43. The molecule has 0 bridgehead atoms. The smallest absolute Gasteiger partial charge is 0.197 e. The fourth-order valence-corrected chi connectivity index (χ4v) is 4.11. The molecule has 1 saturated heterocycles. The van der Waals surface area contributed by atoms with E-state index in [1.54, 1.807) is 0 Å². The van der Waals surface area contributed by atoms with Gasteiger partial charge in [0.05, 0.1) is 11.1 Å². The van der Waals surface area contributed by atoms with E-state index in [2.05, 4.69) is 17.0 Å². The summed E-state index contributed by atoms with van der Waals surface area (Å²) in [6, 6.07) is 17.6. The Kier molecular flexibility index (Phi) is 3.38. The molecule has 0 aliphatic carbocycles. The highest BCUT2D eigenvalue weighted by molar-refractivity contribution is 6.12. The Labute approximate surface area is 146 Å². The summed E-state index contributed by atoms with van der Waals surface area (Å²) in [7, 11) is 0. The lowest BCUT2D eigenvalue weighted by molar-refractivity contribution is -0.0599. The zero-order valence-electron chi connectivity index (χ0n) is 13.8. The van der Waals surface area contributed by atoms with Crippen LogP contribution in [0.4, 0.5) is 5.69 Å². The van der Waals surface area contributed by atoms with Crippen molar-refractivity contribution >= 4 is 11.5 Å². The lowest BCUT2D eigenvalue weighted by atomic mass is 9.81. The summed E-state index contributed by atoms with van der Waals surface area (Å²) in [5, 5.41) is 0. The molecule has 4 nitrogen and oxygen atoms in total. The monoisotopic (exact) mass is 333 g/mol. The van der Waals surface area contributed by atoms with Gasteiger partial charge in [0.1, 0.15) is 18.1 Å². The van der Waals surface area contributed by atoms with E-state index in [9.17, 15) is 4.79 Å². The number of hydrogen-bond donors (Lipinski definition) is 0. The summed E-state index contributed by atoms with van der Waals surface area (Å²) >= 11 is 0. The molecule has 3 unspecified atom stereocenters. The summed E-state index contributed by atoms with van der Waals surface area (Å²) in [4.78, 5) is 15.2. The minimum absolute atomic E-state index is 0.0665. The largest absolute Gasteiger partial charge is 0.484 e. The Balaban J connectivity index is 1.64. The molecule has 0 saturated carbocycles. The second-order valence-electron chi connectivity index (χ2n) is 6.76. The average Bonchev–Trinajstić information content (AvgIpc) is 2.68. The van der Waals surface area contributed by atoms with E-state index in [1.165, 1.54) is 0 Å². The molecule has 3 aliphatic heterocycles. The van der Waals surface area contributed by atoms with Crippen molar-refractivity contribution in [1.82, 2.24) is 0 Å². The van der Waals surface area contributed by atoms with Crippen LogP contribution in [0.3, 0.4) is 0 Å². The van der Waals surface area contributed by atoms with Gasteiger partial charge < -0.3 is 14.4 Å². The third-order valence-electron chi connectivity index (χ3n) is 5.29. The Morgan fingerprint density at radius 1 is 1.00 bits per heavy atom. The van der Waals surface area contributed by atoms with Crippen molar-refractivity contribution in [3.05, 3.63) is 71.9 Å². The number of hydrogen-bond acceptors (Lipinski definition) is 4. The number of ketones is 1. The van der Waals surface area contributed by atoms with E-state index in [4.69, 9.17) is 9.47 Å². The molecule has 126 valence electrons. The van der Waals surface area contributed by atoms with Crippen LogP contribution in [0.2, 0.25) is 0 Å². The van der Waals surface area contributed by atoms with Crippen LogP contribution in [-0.2, 0) is 4.74 Å². The first-order valence-corrected chi connectivity index (χ1v) is 8.80. The van der Waals surface area contributed by atoms with Gasteiger partial charge in [0.15, 0.2) is 5.78 Å². The number of carbonyl (C=O) groups is 1. The van der Waals surface area contributed by atoms with Crippen LogP contribution in [0.5, 0.6) is 5.75 Å². The van der Waals surface area contributed by atoms with Gasteiger partial charge in [0.2, 0.25) is 0 Å². The van der Waals surface area contributed by atoms with Gasteiger partial charge in [-0.05, 0) is 37.1 Å². The summed E-state index contributed by atoms with van der Waals surface area (Å²) in [6.07, 6.45) is 3.60. The summed E-state index contributed by atoms with van der Waals surface area (Å²) in [6.45, 7) is 0.741. The van der Waals surface area contributed by atoms with Gasteiger partial charge in [-0.1, -0.05) is 30.3 Å². The summed E-state index contributed by atoms with van der Waals surface area (Å²) < 4.78 is 12.4. The minimum atomic E-state index is -0.229. The molecule has 0 amide bonds. The highest BCUT2D eigenvalue weighted by Gasteiger charge is 2.47. The average molecular weight is 333 g/mol. The van der Waals surface area contributed by atoms with Crippen molar-refractivity contribution in [2.75, 3.05) is 11.5 Å². The molecular formula is C21H19NO3. The van der Waals surface area contributed by atoms with Crippen molar-refractivity contribution in [3.63, 3.8) is 0 Å². The Bertz CT molecular complexity index is 845. The Morgan fingerprint density at radius 3 is 2.68 bits per heavy atom. The lowest BCUT2D eigenvalue weighted by Crippen LogP contribution is -2.55. The molecule has 2 aromatic carbocycles. The van der Waals surface area contributed by atoms with Gasteiger partial charge in [-0.15, -0.1) is 0 Å². The maximum atomic E-state index is 13.1. The van der Waals surface area contributed by atoms with Crippen LogP contribution < -0.4 is 9.64 Å². The zero-order valence-corrected chi connectivity index (χ0v) is 13.8. The Morgan fingerprint density at radius 2 is 1.80 bits per heavy atom. The van der Waals surface area contributed by atoms with Crippen LogP contribution in [0.25, 0.3) is 0 Å². The topological polar surface area (TPSA) is 38.8 Å². The van der Waals surface area contributed by atoms with Gasteiger partial charge >= 0.3 is 0 Å². The number of Topliss-reactive ketones (excluding diaryl/α,β-unsaturated/α-hetero) is 1. The second-order valence-corrected chi connectivity index (χ2v) is 6.76. The number of fused-ring (bicyclic) bond motifs is 4. The fraction of sp³-hybridized carbons (Fsp3) is 0.286. The maximum absolute atomic E-state index is 13.1. The zero-order chi connectivity index (χ0) is 16.8. The van der Waals surface area contributed by atoms with Crippen LogP contribution in [0.1, 0.15) is 23.2 Å². The predicted octanol–water partition coefficient (Wildman–Crippen LogP) is 3.79. The lowest BCUT2D eigenvalue weighted by Gasteiger charge is -2.47. The molecule has 3 aliphatic rings. The number of nitrogens with zero attached hydrogens (tertiary/aromatic N) is 1. The molecule has 2 aromatic rings. The van der Waals surface area contributed by atoms with E-state index in [0.29, 0.717) is 11.3 Å². The molecule has 25 heavy (non-hydrogen) atoms. The van der Waals surface area contributed by atoms with E-state index in [0.717, 1.165) is 30.7 Å². The molecule has 3 atom stereocenters. The number of rotatable bonds is 1. The molecule has 1 fully saturated rings. The Hall–Kier alpha value is -2.59. The normalized spacial score (nSPS) is 27.5. The van der Waals surface area contributed by atoms with Gasteiger partial charge in [-0.25, -0.2) is 0 Å². The molecule has 0 spiro atoms. The number of anilines is 1. The molecular weight excluding hydrogens is 314 g/mol. The van der Waals surface area contributed by atoms with E-state index < -0.39 is 0 Å². The van der Waals surface area contributed by atoms with Gasteiger partial charge in [0.25, 0.3) is 0 Å². The first-order chi connectivity index (χ1) is 12.3. The molecule has 0 N–H and O–H groups in total. The fourth-order valence-electron chi connectivity index (χ4n) is 4.11. The minimum Gasteiger partial charge on any atom is -0.484 e. The third kappa shape index (κ3) is 2.29. The third-order valence-corrected chi connectivity index (χ3v) is 5.29. The van der Waals surface area contributed by atoms with E-state index in [-0.39, 0.29) is 24.0 Å². The van der Waals surface area contributed by atoms with Gasteiger partial charge in [0, 0.05) is 24.4 Å². The number of carbonyl (C=O) groups excluding carboxylic acids is 1. The first-order valence-electron chi connectivity index (χ1n) is 8.80. The van der Waals surface area contributed by atoms with E-state index >= 15 is 0 Å². The number of benzene rings is 2. The predicted molar refractivity (Wildman–Crippen MR) is 94.7 cm³/mol. The van der Waals surface area contributed by atoms with Crippen molar-refractivity contribution < 1.29 is 14.3 Å². The van der Waals surface area contributed by atoms with Crippen LogP contribution in [0.15, 0.2) is 66.4 Å². The maximum Gasteiger partial charge on any atom is 0.197 e. The first kappa shape index (κ1) is 14.7. The summed E-state index contributed by atoms with van der Waals surface area (Å²) in [5.41, 5.74) is 2.42. The summed E-state index contributed by atoms with van der Waals surface area (Å²) in [5.74, 6) is 0.898. The molecule has 3 heterocycles. The van der Waals surface area contributed by atoms with Crippen LogP contribution >= 0.6 is 0 Å². The second kappa shape index (κ2) is 5.74. The van der Waals surface area contributed by atoms with Crippen molar-refractivity contribution in [1.29, 1.82) is 0 Å².